The molecule has 190 valence electrons. The van der Waals surface area contributed by atoms with Crippen LogP contribution in [0.4, 0.5) is 17.6 Å². The maximum atomic E-state index is 13.0. The lowest BCUT2D eigenvalue weighted by molar-refractivity contribution is -0.158. The van der Waals surface area contributed by atoms with E-state index in [0.29, 0.717) is 44.5 Å². The van der Waals surface area contributed by atoms with Gasteiger partial charge in [0.15, 0.2) is 0 Å². The number of nitrogens with zero attached hydrogens (tertiary/aromatic N) is 5. The van der Waals surface area contributed by atoms with Crippen molar-refractivity contribution in [3.8, 4) is 0 Å². The Morgan fingerprint density at radius 1 is 0.971 bits per heavy atom. The van der Waals surface area contributed by atoms with Crippen LogP contribution in [0, 0.1) is 0 Å². The number of likely N-dealkylation sites (N-methyl/N-ethyl adjacent to an activating group) is 1. The van der Waals surface area contributed by atoms with E-state index < -0.39 is 23.3 Å². The molecule has 0 amide bonds. The van der Waals surface area contributed by atoms with Crippen LogP contribution in [0.25, 0.3) is 0 Å². The number of carbonyl (C=O) groups is 2. The predicted molar refractivity (Wildman–Crippen MR) is 131 cm³/mol. The summed E-state index contributed by atoms with van der Waals surface area (Å²) in [5.41, 5.74) is 4.97. The molecule has 2 aliphatic heterocycles. The van der Waals surface area contributed by atoms with E-state index in [1.165, 1.54) is 0 Å². The van der Waals surface area contributed by atoms with E-state index in [1.54, 1.807) is 6.07 Å². The number of anilines is 3. The van der Waals surface area contributed by atoms with Gasteiger partial charge in [-0.2, -0.15) is 9.97 Å². The maximum absolute atomic E-state index is 13.0. The van der Waals surface area contributed by atoms with E-state index >= 15 is 0 Å². The Hall–Kier alpha value is -2.66. The molecule has 0 aromatic carbocycles. The first-order chi connectivity index (χ1) is 15.7. The summed E-state index contributed by atoms with van der Waals surface area (Å²) in [7, 11) is 1.96. The van der Waals surface area contributed by atoms with Crippen LogP contribution >= 0.6 is 0 Å². The molecule has 0 bridgehead atoms. The number of nitrogens with one attached hydrogen (secondary N) is 1. The zero-order chi connectivity index (χ0) is 25.3. The standard InChI is InChI=1S/C23H39N7O4/c1-22(2,3)33-19(31)15-13-25-8-9-29(15)18-12-17(24)26-21(27-18)30-11-10-28(7)14-16(30)20(32)34-23(4,5)6/h12,15-16,25H,8-11,13-14H2,1-7H3,(H2,24,26,27). The van der Waals surface area contributed by atoms with Gasteiger partial charge < -0.3 is 35.2 Å². The number of carbonyl (C=O) groups excluding carboxylic acids is 2. The highest BCUT2D eigenvalue weighted by Crippen LogP contribution is 2.26. The van der Waals surface area contributed by atoms with Gasteiger partial charge in [0.25, 0.3) is 0 Å². The van der Waals surface area contributed by atoms with E-state index in [2.05, 4.69) is 15.2 Å². The van der Waals surface area contributed by atoms with Crippen LogP contribution in [0.5, 0.6) is 0 Å². The van der Waals surface area contributed by atoms with E-state index in [4.69, 9.17) is 20.2 Å². The third kappa shape index (κ3) is 6.69. The van der Waals surface area contributed by atoms with Gasteiger partial charge in [-0.1, -0.05) is 0 Å². The van der Waals surface area contributed by atoms with Crippen molar-refractivity contribution in [3.63, 3.8) is 0 Å². The van der Waals surface area contributed by atoms with Gasteiger partial charge in [-0.3, -0.25) is 0 Å². The van der Waals surface area contributed by atoms with Crippen molar-refractivity contribution in [2.24, 2.45) is 0 Å². The fourth-order valence-electron chi connectivity index (χ4n) is 4.00. The number of esters is 2. The summed E-state index contributed by atoms with van der Waals surface area (Å²) < 4.78 is 11.3. The molecule has 1 aromatic rings. The predicted octanol–water partition coefficient (Wildman–Crippen LogP) is 0.641. The van der Waals surface area contributed by atoms with E-state index in [9.17, 15) is 9.59 Å². The molecule has 2 aliphatic rings. The van der Waals surface area contributed by atoms with Crippen LogP contribution in [-0.2, 0) is 19.1 Å². The topological polar surface area (TPSA) is 126 Å². The van der Waals surface area contributed by atoms with Crippen molar-refractivity contribution in [2.75, 3.05) is 61.8 Å². The van der Waals surface area contributed by atoms with Gasteiger partial charge in [-0.15, -0.1) is 0 Å². The summed E-state index contributed by atoms with van der Waals surface area (Å²) in [5.74, 6) is 0.482. The second-order valence-corrected chi connectivity index (χ2v) is 10.9. The zero-order valence-electron chi connectivity index (χ0n) is 21.4. The molecule has 34 heavy (non-hydrogen) atoms. The molecule has 2 unspecified atom stereocenters. The Morgan fingerprint density at radius 2 is 1.59 bits per heavy atom. The lowest BCUT2D eigenvalue weighted by Crippen LogP contribution is -2.58. The Kier molecular flexibility index (Phi) is 7.56. The van der Waals surface area contributed by atoms with Gasteiger partial charge in [-0.05, 0) is 48.6 Å². The van der Waals surface area contributed by atoms with Crippen LogP contribution in [0.15, 0.2) is 6.07 Å². The summed E-state index contributed by atoms with van der Waals surface area (Å²) in [6.07, 6.45) is 0. The van der Waals surface area contributed by atoms with Gasteiger partial charge in [0.2, 0.25) is 5.95 Å². The highest BCUT2D eigenvalue weighted by molar-refractivity contribution is 5.82. The van der Waals surface area contributed by atoms with Crippen LogP contribution in [0.2, 0.25) is 0 Å². The Morgan fingerprint density at radius 3 is 2.21 bits per heavy atom. The highest BCUT2D eigenvalue weighted by Gasteiger charge is 2.38. The van der Waals surface area contributed by atoms with Gasteiger partial charge >= 0.3 is 11.9 Å². The van der Waals surface area contributed by atoms with Gasteiger partial charge in [0.1, 0.15) is 34.9 Å². The number of nitrogen functional groups attached to an aromatic ring is 1. The Bertz CT molecular complexity index is 896. The normalized spacial score (nSPS) is 22.4. The smallest absolute Gasteiger partial charge is 0.330 e. The van der Waals surface area contributed by atoms with Crippen LogP contribution in [-0.4, -0.2) is 96.4 Å². The maximum Gasteiger partial charge on any atom is 0.330 e. The van der Waals surface area contributed by atoms with E-state index in [-0.39, 0.29) is 17.8 Å². The third-order valence-corrected chi connectivity index (χ3v) is 5.46. The molecule has 3 heterocycles. The summed E-state index contributed by atoms with van der Waals surface area (Å²) in [4.78, 5) is 41.0. The summed E-state index contributed by atoms with van der Waals surface area (Å²) in [5, 5.41) is 3.25. The lowest BCUT2D eigenvalue weighted by Gasteiger charge is -2.40. The molecule has 1 aromatic heterocycles. The van der Waals surface area contributed by atoms with Crippen molar-refractivity contribution in [1.82, 2.24) is 20.2 Å². The molecule has 2 fully saturated rings. The lowest BCUT2D eigenvalue weighted by atomic mass is 10.1. The van der Waals surface area contributed by atoms with Crippen LogP contribution < -0.4 is 20.9 Å². The average molecular weight is 478 g/mol. The second-order valence-electron chi connectivity index (χ2n) is 10.9. The van der Waals surface area contributed by atoms with Gasteiger partial charge in [0, 0.05) is 45.3 Å². The number of hydrogen-bond donors (Lipinski definition) is 2. The summed E-state index contributed by atoms with van der Waals surface area (Å²) in [6, 6.07) is 0.534. The number of hydrogen-bond acceptors (Lipinski definition) is 11. The molecular weight excluding hydrogens is 438 g/mol. The SMILES string of the molecule is CN1CCN(c2nc(N)cc(N3CCNCC3C(=O)OC(C)(C)C)n2)C(C(=O)OC(C)(C)C)C1. The highest BCUT2D eigenvalue weighted by atomic mass is 16.6. The average Bonchev–Trinajstić information content (AvgIpc) is 2.70. The van der Waals surface area contributed by atoms with Gasteiger partial charge in [-0.25, -0.2) is 9.59 Å². The molecule has 11 heteroatoms. The Balaban J connectivity index is 1.92. The number of ether oxygens (including phenoxy) is 2. The fourth-order valence-corrected chi connectivity index (χ4v) is 4.00. The molecule has 0 aliphatic carbocycles. The largest absolute Gasteiger partial charge is 0.458 e. The first-order valence-electron chi connectivity index (χ1n) is 11.8. The minimum Gasteiger partial charge on any atom is -0.458 e. The molecular formula is C23H39N7O4. The van der Waals surface area contributed by atoms with Crippen molar-refractivity contribution < 1.29 is 19.1 Å². The molecule has 2 atom stereocenters. The van der Waals surface area contributed by atoms with Crippen molar-refractivity contribution in [1.29, 1.82) is 0 Å². The zero-order valence-corrected chi connectivity index (χ0v) is 21.4. The minimum absolute atomic E-state index is 0.267. The second kappa shape index (κ2) is 9.91. The molecule has 11 nitrogen and oxygen atoms in total. The molecule has 0 radical (unpaired) electrons. The first kappa shape index (κ1) is 26.0. The van der Waals surface area contributed by atoms with Crippen LogP contribution in [0.1, 0.15) is 41.5 Å². The number of rotatable bonds is 4. The van der Waals surface area contributed by atoms with E-state index in [0.717, 1.165) is 6.54 Å². The number of piperazine rings is 2. The van der Waals surface area contributed by atoms with Crippen molar-refractivity contribution in [2.45, 2.75) is 64.8 Å². The quantitative estimate of drug-likeness (QED) is 0.593. The molecule has 3 N–H and O–H groups in total. The fraction of sp³-hybridized carbons (Fsp3) is 0.739. The Labute approximate surface area is 202 Å². The van der Waals surface area contributed by atoms with Crippen molar-refractivity contribution in [3.05, 3.63) is 6.07 Å². The molecule has 0 spiro atoms. The summed E-state index contributed by atoms with van der Waals surface area (Å²) >= 11 is 0. The summed E-state index contributed by atoms with van der Waals surface area (Å²) in [6.45, 7) is 14.5. The van der Waals surface area contributed by atoms with Gasteiger partial charge in [0.05, 0.1) is 0 Å². The molecule has 3 rings (SSSR count). The monoisotopic (exact) mass is 477 g/mol. The molecule has 0 saturated carbocycles. The number of aromatic nitrogens is 2. The number of nitrogens with two attached hydrogens (primary N) is 1. The minimum atomic E-state index is -0.609. The first-order valence-corrected chi connectivity index (χ1v) is 11.8. The third-order valence-electron chi connectivity index (χ3n) is 5.46. The van der Waals surface area contributed by atoms with Crippen LogP contribution in [0.3, 0.4) is 0 Å². The van der Waals surface area contributed by atoms with Crippen molar-refractivity contribution >= 4 is 29.5 Å². The van der Waals surface area contributed by atoms with E-state index in [1.807, 2.05) is 58.4 Å². The molecule has 2 saturated heterocycles.